The van der Waals surface area contributed by atoms with E-state index < -0.39 is 0 Å². The van der Waals surface area contributed by atoms with Crippen LogP contribution in [-0.4, -0.2) is 5.84 Å². The van der Waals surface area contributed by atoms with Crippen molar-refractivity contribution in [1.82, 2.24) is 0 Å². The van der Waals surface area contributed by atoms with Crippen LogP contribution in [-0.2, 0) is 0 Å². The summed E-state index contributed by atoms with van der Waals surface area (Å²) >= 11 is 9.26. The van der Waals surface area contributed by atoms with Crippen LogP contribution in [0.5, 0.6) is 0 Å². The van der Waals surface area contributed by atoms with Crippen molar-refractivity contribution in [2.75, 3.05) is 0 Å². The van der Waals surface area contributed by atoms with E-state index >= 15 is 0 Å². The first-order chi connectivity index (χ1) is 8.16. The molecule has 0 aliphatic rings. The predicted octanol–water partition coefficient (Wildman–Crippen LogP) is 4.14. The third-order valence-electron chi connectivity index (χ3n) is 2.22. The standard InChI is InChI=1S/C13H10BrClN2/c14-11-8-10(6-7-12(11)15)17-13(16)9-4-2-1-3-5-9/h1-8H,(H2,16,17). The summed E-state index contributed by atoms with van der Waals surface area (Å²) in [6, 6.07) is 15.1. The zero-order chi connectivity index (χ0) is 12.3. The van der Waals surface area contributed by atoms with Gasteiger partial charge in [0.05, 0.1) is 10.7 Å². The van der Waals surface area contributed by atoms with Gasteiger partial charge in [0.15, 0.2) is 0 Å². The molecule has 0 amide bonds. The molecule has 0 radical (unpaired) electrons. The second-order valence-electron chi connectivity index (χ2n) is 3.46. The molecule has 0 aliphatic heterocycles. The molecular weight excluding hydrogens is 300 g/mol. The van der Waals surface area contributed by atoms with E-state index in [1.165, 1.54) is 0 Å². The Hall–Kier alpha value is -1.32. The highest BCUT2D eigenvalue weighted by atomic mass is 79.9. The van der Waals surface area contributed by atoms with Gasteiger partial charge in [-0.3, -0.25) is 0 Å². The van der Waals surface area contributed by atoms with Crippen molar-refractivity contribution < 1.29 is 0 Å². The molecule has 0 bridgehead atoms. The van der Waals surface area contributed by atoms with E-state index in [0.717, 1.165) is 15.7 Å². The lowest BCUT2D eigenvalue weighted by Gasteiger charge is -2.02. The maximum absolute atomic E-state index is 5.92. The van der Waals surface area contributed by atoms with E-state index in [2.05, 4.69) is 20.9 Å². The lowest BCUT2D eigenvalue weighted by atomic mass is 10.2. The van der Waals surface area contributed by atoms with Gasteiger partial charge in [-0.15, -0.1) is 0 Å². The highest BCUT2D eigenvalue weighted by Crippen LogP contribution is 2.27. The quantitative estimate of drug-likeness (QED) is 0.657. The van der Waals surface area contributed by atoms with E-state index in [1.54, 1.807) is 6.07 Å². The van der Waals surface area contributed by atoms with Gasteiger partial charge < -0.3 is 5.73 Å². The van der Waals surface area contributed by atoms with Crippen molar-refractivity contribution in [3.8, 4) is 0 Å². The number of nitrogens with zero attached hydrogens (tertiary/aromatic N) is 1. The van der Waals surface area contributed by atoms with E-state index in [4.69, 9.17) is 17.3 Å². The van der Waals surface area contributed by atoms with Gasteiger partial charge >= 0.3 is 0 Å². The molecule has 2 N–H and O–H groups in total. The van der Waals surface area contributed by atoms with E-state index in [-0.39, 0.29) is 0 Å². The molecule has 0 aromatic heterocycles. The van der Waals surface area contributed by atoms with Crippen LogP contribution in [0.4, 0.5) is 5.69 Å². The van der Waals surface area contributed by atoms with E-state index in [0.29, 0.717) is 10.9 Å². The molecule has 2 rings (SSSR count). The van der Waals surface area contributed by atoms with Crippen LogP contribution in [0, 0.1) is 0 Å². The molecule has 17 heavy (non-hydrogen) atoms. The second-order valence-corrected chi connectivity index (χ2v) is 4.72. The summed E-state index contributed by atoms with van der Waals surface area (Å²) in [5.41, 5.74) is 7.58. The second kappa shape index (κ2) is 5.34. The zero-order valence-corrected chi connectivity index (χ0v) is 11.2. The Bertz CT molecular complexity index is 553. The Morgan fingerprint density at radius 1 is 1.12 bits per heavy atom. The lowest BCUT2D eigenvalue weighted by molar-refractivity contribution is 1.44. The van der Waals surface area contributed by atoms with E-state index in [9.17, 15) is 0 Å². The molecule has 0 saturated heterocycles. The Labute approximate surface area is 113 Å². The maximum atomic E-state index is 5.92. The van der Waals surface area contributed by atoms with Crippen LogP contribution in [0.1, 0.15) is 5.56 Å². The topological polar surface area (TPSA) is 38.4 Å². The van der Waals surface area contributed by atoms with E-state index in [1.807, 2.05) is 42.5 Å². The average Bonchev–Trinajstić information content (AvgIpc) is 2.35. The molecule has 0 aliphatic carbocycles. The monoisotopic (exact) mass is 308 g/mol. The number of hydrogen-bond acceptors (Lipinski definition) is 1. The van der Waals surface area contributed by atoms with Gasteiger partial charge in [-0.05, 0) is 34.1 Å². The minimum absolute atomic E-state index is 0.486. The van der Waals surface area contributed by atoms with Crippen molar-refractivity contribution in [2.24, 2.45) is 10.7 Å². The number of rotatable bonds is 2. The van der Waals surface area contributed by atoms with Crippen LogP contribution in [0.25, 0.3) is 0 Å². The fourth-order valence-electron chi connectivity index (χ4n) is 1.37. The Balaban J connectivity index is 2.33. The lowest BCUT2D eigenvalue weighted by Crippen LogP contribution is -2.12. The van der Waals surface area contributed by atoms with Crippen LogP contribution >= 0.6 is 27.5 Å². The van der Waals surface area contributed by atoms with Crippen LogP contribution in [0.15, 0.2) is 58.0 Å². The Kier molecular flexibility index (Phi) is 3.82. The third-order valence-corrected chi connectivity index (χ3v) is 3.44. The van der Waals surface area contributed by atoms with Crippen molar-refractivity contribution in [1.29, 1.82) is 0 Å². The number of nitrogens with two attached hydrogens (primary N) is 1. The summed E-state index contributed by atoms with van der Waals surface area (Å²) in [5, 5.41) is 0.655. The maximum Gasteiger partial charge on any atom is 0.131 e. The van der Waals surface area contributed by atoms with Gasteiger partial charge in [-0.1, -0.05) is 41.9 Å². The van der Waals surface area contributed by atoms with Gasteiger partial charge in [-0.25, -0.2) is 4.99 Å². The van der Waals surface area contributed by atoms with Crippen molar-refractivity contribution in [3.05, 3.63) is 63.6 Å². The number of aliphatic imine (C=N–C) groups is 1. The summed E-state index contributed by atoms with van der Waals surface area (Å²) in [7, 11) is 0. The van der Waals surface area contributed by atoms with Gasteiger partial charge in [0.1, 0.15) is 5.84 Å². The average molecular weight is 310 g/mol. The number of benzene rings is 2. The van der Waals surface area contributed by atoms with Crippen molar-refractivity contribution >= 4 is 39.1 Å². The normalized spacial score (nSPS) is 11.5. The number of halogens is 2. The molecule has 0 saturated carbocycles. The van der Waals surface area contributed by atoms with Crippen LogP contribution in [0.3, 0.4) is 0 Å². The Morgan fingerprint density at radius 2 is 1.82 bits per heavy atom. The molecule has 0 unspecified atom stereocenters. The first-order valence-electron chi connectivity index (χ1n) is 5.01. The minimum atomic E-state index is 0.486. The number of hydrogen-bond donors (Lipinski definition) is 1. The predicted molar refractivity (Wildman–Crippen MR) is 76.0 cm³/mol. The molecule has 2 aromatic carbocycles. The first-order valence-corrected chi connectivity index (χ1v) is 6.18. The molecule has 86 valence electrons. The summed E-state index contributed by atoms with van der Waals surface area (Å²) in [6.45, 7) is 0. The molecular formula is C13H10BrClN2. The number of amidine groups is 1. The summed E-state index contributed by atoms with van der Waals surface area (Å²) in [5.74, 6) is 0.486. The molecule has 2 nitrogen and oxygen atoms in total. The largest absolute Gasteiger partial charge is 0.383 e. The third kappa shape index (κ3) is 3.08. The van der Waals surface area contributed by atoms with Crippen molar-refractivity contribution in [2.45, 2.75) is 0 Å². The minimum Gasteiger partial charge on any atom is -0.383 e. The highest BCUT2D eigenvalue weighted by molar-refractivity contribution is 9.10. The SMILES string of the molecule is NC(=Nc1ccc(Cl)c(Br)c1)c1ccccc1. The molecule has 2 aromatic rings. The summed E-state index contributed by atoms with van der Waals surface area (Å²) < 4.78 is 0.807. The molecule has 0 spiro atoms. The Morgan fingerprint density at radius 3 is 2.47 bits per heavy atom. The fraction of sp³-hybridized carbons (Fsp3) is 0. The smallest absolute Gasteiger partial charge is 0.131 e. The zero-order valence-electron chi connectivity index (χ0n) is 8.90. The molecule has 0 fully saturated rings. The van der Waals surface area contributed by atoms with Gasteiger partial charge in [-0.2, -0.15) is 0 Å². The van der Waals surface area contributed by atoms with Gasteiger partial charge in [0.25, 0.3) is 0 Å². The van der Waals surface area contributed by atoms with Crippen LogP contribution in [0.2, 0.25) is 5.02 Å². The van der Waals surface area contributed by atoms with Crippen LogP contribution < -0.4 is 5.73 Å². The fourth-order valence-corrected chi connectivity index (χ4v) is 1.85. The molecule has 4 heteroatoms. The summed E-state index contributed by atoms with van der Waals surface area (Å²) in [4.78, 5) is 4.34. The van der Waals surface area contributed by atoms with Gasteiger partial charge in [0, 0.05) is 10.0 Å². The van der Waals surface area contributed by atoms with Gasteiger partial charge in [0.2, 0.25) is 0 Å². The summed E-state index contributed by atoms with van der Waals surface area (Å²) in [6.07, 6.45) is 0. The highest BCUT2D eigenvalue weighted by Gasteiger charge is 2.00. The molecule has 0 heterocycles. The van der Waals surface area contributed by atoms with Crippen molar-refractivity contribution in [3.63, 3.8) is 0 Å². The first kappa shape index (κ1) is 12.1. The molecule has 0 atom stereocenters.